The van der Waals surface area contributed by atoms with Gasteiger partial charge in [0, 0.05) is 24.2 Å². The van der Waals surface area contributed by atoms with Crippen LogP contribution in [0.15, 0.2) is 18.2 Å². The molecule has 1 aromatic carbocycles. The van der Waals surface area contributed by atoms with E-state index in [9.17, 15) is 9.50 Å². The molecule has 1 saturated heterocycles. The van der Waals surface area contributed by atoms with Gasteiger partial charge in [0.2, 0.25) is 0 Å². The topological polar surface area (TPSA) is 23.5 Å². The quantitative estimate of drug-likeness (QED) is 0.846. The van der Waals surface area contributed by atoms with Gasteiger partial charge in [0.05, 0.1) is 6.10 Å². The summed E-state index contributed by atoms with van der Waals surface area (Å²) in [6, 6.07) is 6.23. The Morgan fingerprint density at radius 3 is 2.78 bits per heavy atom. The molecule has 18 heavy (non-hydrogen) atoms. The molecule has 2 aliphatic rings. The number of alkyl halides is 1. The maximum Gasteiger partial charge on any atom is 0.140 e. The van der Waals surface area contributed by atoms with Crippen LogP contribution in [0.5, 0.6) is 0 Å². The van der Waals surface area contributed by atoms with Crippen molar-refractivity contribution < 1.29 is 9.50 Å². The summed E-state index contributed by atoms with van der Waals surface area (Å²) in [5, 5.41) is 10.3. The van der Waals surface area contributed by atoms with Crippen LogP contribution in [0.4, 0.5) is 4.39 Å². The fourth-order valence-corrected chi connectivity index (χ4v) is 3.72. The first-order valence-electron chi connectivity index (χ1n) is 6.41. The van der Waals surface area contributed by atoms with Crippen molar-refractivity contribution in [2.45, 2.75) is 37.6 Å². The van der Waals surface area contributed by atoms with Crippen molar-refractivity contribution in [1.82, 2.24) is 4.90 Å². The highest BCUT2D eigenvalue weighted by atomic mass is 35.5. The summed E-state index contributed by atoms with van der Waals surface area (Å²) >= 11 is 6.25. The summed E-state index contributed by atoms with van der Waals surface area (Å²) < 4.78 is 13.4. The molecule has 4 atom stereocenters. The van der Waals surface area contributed by atoms with Gasteiger partial charge in [-0.3, -0.25) is 4.90 Å². The zero-order valence-corrected chi connectivity index (χ0v) is 11.1. The van der Waals surface area contributed by atoms with Gasteiger partial charge in [-0.1, -0.05) is 30.7 Å². The molecule has 3 rings (SSSR count). The fourth-order valence-electron chi connectivity index (χ4n) is 3.36. The van der Waals surface area contributed by atoms with E-state index in [1.165, 1.54) is 11.1 Å². The summed E-state index contributed by atoms with van der Waals surface area (Å²) in [6.07, 6.45) is -1.05. The second-order valence-corrected chi connectivity index (χ2v) is 5.82. The second-order valence-electron chi connectivity index (χ2n) is 5.41. The molecule has 0 spiro atoms. The number of benzene rings is 1. The second kappa shape index (κ2) is 4.48. The molecule has 4 heteroatoms. The zero-order chi connectivity index (χ0) is 12.9. The van der Waals surface area contributed by atoms with Gasteiger partial charge >= 0.3 is 0 Å². The van der Waals surface area contributed by atoms with Crippen molar-refractivity contribution in [3.05, 3.63) is 34.3 Å². The highest BCUT2D eigenvalue weighted by Gasteiger charge is 2.41. The Balaban J connectivity index is 1.85. The van der Waals surface area contributed by atoms with Gasteiger partial charge < -0.3 is 5.11 Å². The maximum atomic E-state index is 13.4. The van der Waals surface area contributed by atoms with Crippen LogP contribution < -0.4 is 0 Å². The van der Waals surface area contributed by atoms with Crippen molar-refractivity contribution in [3.8, 4) is 0 Å². The van der Waals surface area contributed by atoms with Gasteiger partial charge in [-0.2, -0.15) is 0 Å². The standard InChI is InChI=1S/C14H17ClFNO/c1-8-12(17-6-11(16)13(18)7-17)5-9-3-2-4-10(15)14(8)9/h2-4,8,11-13,18H,5-7H2,1H3/t8-,11-,12+,13+/m0/s1. The average molecular weight is 270 g/mol. The molecule has 0 unspecified atom stereocenters. The van der Waals surface area contributed by atoms with E-state index in [2.05, 4.69) is 17.9 Å². The lowest BCUT2D eigenvalue weighted by molar-refractivity contribution is 0.113. The van der Waals surface area contributed by atoms with Crippen molar-refractivity contribution in [1.29, 1.82) is 0 Å². The molecular weight excluding hydrogens is 253 g/mol. The van der Waals surface area contributed by atoms with Gasteiger partial charge in [0.15, 0.2) is 0 Å². The van der Waals surface area contributed by atoms with Crippen molar-refractivity contribution in [3.63, 3.8) is 0 Å². The molecule has 1 aromatic rings. The summed E-state index contributed by atoms with van der Waals surface area (Å²) in [6.45, 7) is 2.91. The Kier molecular flexibility index (Phi) is 3.08. The number of hydrogen-bond donors (Lipinski definition) is 1. The Morgan fingerprint density at radius 2 is 2.17 bits per heavy atom. The SMILES string of the molecule is C[C@@H]1c2c(Cl)cccc2C[C@H]1N1C[C@@H](O)[C@@H](F)C1. The van der Waals surface area contributed by atoms with E-state index in [1.54, 1.807) is 0 Å². The van der Waals surface area contributed by atoms with E-state index in [4.69, 9.17) is 11.6 Å². The predicted molar refractivity (Wildman–Crippen MR) is 69.8 cm³/mol. The number of fused-ring (bicyclic) bond motifs is 1. The summed E-state index contributed by atoms with van der Waals surface area (Å²) in [7, 11) is 0. The van der Waals surface area contributed by atoms with Crippen LogP contribution >= 0.6 is 11.6 Å². The molecule has 0 saturated carbocycles. The van der Waals surface area contributed by atoms with Crippen LogP contribution in [-0.4, -0.2) is 41.4 Å². The highest BCUT2D eigenvalue weighted by molar-refractivity contribution is 6.31. The normalized spacial score (nSPS) is 36.0. The first kappa shape index (κ1) is 12.4. The number of nitrogens with zero attached hydrogens (tertiary/aromatic N) is 1. The van der Waals surface area contributed by atoms with E-state index in [0.717, 1.165) is 11.4 Å². The maximum absolute atomic E-state index is 13.4. The van der Waals surface area contributed by atoms with Gasteiger partial charge in [-0.15, -0.1) is 0 Å². The summed E-state index contributed by atoms with van der Waals surface area (Å²) in [4.78, 5) is 2.07. The van der Waals surface area contributed by atoms with Crippen LogP contribution in [-0.2, 0) is 6.42 Å². The molecule has 98 valence electrons. The summed E-state index contributed by atoms with van der Waals surface area (Å²) in [5.41, 5.74) is 2.46. The number of likely N-dealkylation sites (tertiary alicyclic amines) is 1. The lowest BCUT2D eigenvalue weighted by Gasteiger charge is -2.27. The minimum atomic E-state index is -1.11. The Bertz CT molecular complexity index is 457. The third kappa shape index (κ3) is 1.85. The molecule has 1 aliphatic heterocycles. The van der Waals surface area contributed by atoms with Crippen molar-refractivity contribution in [2.75, 3.05) is 13.1 Å². The molecule has 1 N–H and O–H groups in total. The van der Waals surface area contributed by atoms with E-state index in [-0.39, 0.29) is 6.04 Å². The van der Waals surface area contributed by atoms with Crippen molar-refractivity contribution in [2.24, 2.45) is 0 Å². The molecule has 0 amide bonds. The van der Waals surface area contributed by atoms with E-state index >= 15 is 0 Å². The fraction of sp³-hybridized carbons (Fsp3) is 0.571. The number of halogens is 2. The lowest BCUT2D eigenvalue weighted by atomic mass is 10.00. The van der Waals surface area contributed by atoms with Crippen LogP contribution in [0.1, 0.15) is 24.0 Å². The number of β-amino-alcohol motifs (C(OH)–C–C–N with tert-alkyl or cyclic N) is 1. The van der Waals surface area contributed by atoms with E-state index in [1.807, 2.05) is 12.1 Å². The first-order chi connectivity index (χ1) is 8.58. The van der Waals surface area contributed by atoms with Crippen LogP contribution in [0.2, 0.25) is 5.02 Å². The van der Waals surface area contributed by atoms with Crippen LogP contribution in [0.3, 0.4) is 0 Å². The largest absolute Gasteiger partial charge is 0.389 e. The summed E-state index contributed by atoms with van der Waals surface area (Å²) in [5.74, 6) is 0.297. The molecule has 0 bridgehead atoms. The smallest absolute Gasteiger partial charge is 0.140 e. The van der Waals surface area contributed by atoms with Crippen LogP contribution in [0, 0.1) is 0 Å². The van der Waals surface area contributed by atoms with Crippen LogP contribution in [0.25, 0.3) is 0 Å². The Labute approximate surface area is 111 Å². The molecule has 1 heterocycles. The average Bonchev–Trinajstić information content (AvgIpc) is 2.82. The van der Waals surface area contributed by atoms with Crippen molar-refractivity contribution >= 4 is 11.6 Å². The third-order valence-corrected chi connectivity index (χ3v) is 4.65. The highest BCUT2D eigenvalue weighted by Crippen LogP contribution is 2.41. The number of aliphatic hydroxyl groups excluding tert-OH is 1. The number of rotatable bonds is 1. The van der Waals surface area contributed by atoms with E-state index in [0.29, 0.717) is 19.0 Å². The minimum absolute atomic E-state index is 0.260. The molecule has 0 aromatic heterocycles. The molecule has 1 fully saturated rings. The van der Waals surface area contributed by atoms with Gasteiger partial charge in [-0.25, -0.2) is 4.39 Å². The zero-order valence-electron chi connectivity index (χ0n) is 10.3. The third-order valence-electron chi connectivity index (χ3n) is 4.32. The molecule has 0 radical (unpaired) electrons. The van der Waals surface area contributed by atoms with Gasteiger partial charge in [0.1, 0.15) is 6.17 Å². The molecule has 2 nitrogen and oxygen atoms in total. The predicted octanol–water partition coefficient (Wildman–Crippen LogP) is 2.38. The molecular formula is C14H17ClFNO. The number of hydrogen-bond acceptors (Lipinski definition) is 2. The van der Waals surface area contributed by atoms with Gasteiger partial charge in [-0.05, 0) is 29.5 Å². The minimum Gasteiger partial charge on any atom is -0.389 e. The Hall–Kier alpha value is -0.640. The lowest BCUT2D eigenvalue weighted by Crippen LogP contribution is -2.36. The monoisotopic (exact) mass is 269 g/mol. The van der Waals surface area contributed by atoms with Gasteiger partial charge in [0.25, 0.3) is 0 Å². The molecule has 1 aliphatic carbocycles. The van der Waals surface area contributed by atoms with E-state index < -0.39 is 12.3 Å². The first-order valence-corrected chi connectivity index (χ1v) is 6.79. The number of aliphatic hydroxyl groups is 1. The Morgan fingerprint density at radius 1 is 1.39 bits per heavy atom.